The zero-order valence-electron chi connectivity index (χ0n) is 22.1. The van der Waals surface area contributed by atoms with Crippen LogP contribution in [0.1, 0.15) is 109 Å². The van der Waals surface area contributed by atoms with Crippen molar-refractivity contribution >= 4 is 21.5 Å². The molecule has 1 unspecified atom stereocenters. The SMILES string of the molecule is CCCCCCCCCCCCCCCCC1Nc2c(cccc2S(=O)(=O)O)N1Cc1ccccc1. The molecule has 1 aliphatic heterocycles. The maximum atomic E-state index is 12.0. The summed E-state index contributed by atoms with van der Waals surface area (Å²) in [5, 5.41) is 3.41. The summed E-state index contributed by atoms with van der Waals surface area (Å²) in [6.45, 7) is 2.96. The normalized spacial score (nSPS) is 15.2. The van der Waals surface area contributed by atoms with Crippen LogP contribution >= 0.6 is 0 Å². The van der Waals surface area contributed by atoms with Crippen molar-refractivity contribution in [2.75, 3.05) is 10.2 Å². The summed E-state index contributed by atoms with van der Waals surface area (Å²) in [4.78, 5) is 2.20. The number of unbranched alkanes of at least 4 members (excludes halogenated alkanes) is 13. The maximum absolute atomic E-state index is 12.0. The lowest BCUT2D eigenvalue weighted by molar-refractivity contribution is 0.483. The molecule has 3 rings (SSSR count). The highest BCUT2D eigenvalue weighted by Gasteiger charge is 2.32. The topological polar surface area (TPSA) is 69.6 Å². The van der Waals surface area contributed by atoms with Crippen LogP contribution in [-0.2, 0) is 16.7 Å². The summed E-state index contributed by atoms with van der Waals surface area (Å²) >= 11 is 0. The molecule has 0 saturated heterocycles. The number of benzene rings is 2. The van der Waals surface area contributed by atoms with Gasteiger partial charge in [-0.05, 0) is 30.5 Å². The van der Waals surface area contributed by atoms with E-state index >= 15 is 0 Å². The Kier molecular flexibility index (Phi) is 12.1. The fraction of sp³-hybridized carbons (Fsp3) is 0.600. The summed E-state index contributed by atoms with van der Waals surface area (Å²) in [5.41, 5.74) is 2.53. The molecule has 0 saturated carbocycles. The van der Waals surface area contributed by atoms with E-state index in [-0.39, 0.29) is 11.1 Å². The lowest BCUT2D eigenvalue weighted by Gasteiger charge is -2.27. The van der Waals surface area contributed by atoms with Crippen LogP contribution in [0.5, 0.6) is 0 Å². The second-order valence-corrected chi connectivity index (χ2v) is 11.7. The van der Waals surface area contributed by atoms with E-state index in [4.69, 9.17) is 0 Å². The predicted octanol–water partition coefficient (Wildman–Crippen LogP) is 8.56. The van der Waals surface area contributed by atoms with Crippen molar-refractivity contribution in [2.45, 2.75) is 121 Å². The number of anilines is 2. The smallest absolute Gasteiger partial charge is 0.296 e. The van der Waals surface area contributed by atoms with Gasteiger partial charge in [-0.1, -0.05) is 127 Å². The summed E-state index contributed by atoms with van der Waals surface area (Å²) in [6, 6.07) is 15.3. The van der Waals surface area contributed by atoms with E-state index in [2.05, 4.69) is 29.3 Å². The largest absolute Gasteiger partial charge is 0.362 e. The van der Waals surface area contributed by atoms with Crippen molar-refractivity contribution in [3.8, 4) is 0 Å². The highest BCUT2D eigenvalue weighted by atomic mass is 32.2. The van der Waals surface area contributed by atoms with Crippen LogP contribution in [0.2, 0.25) is 0 Å². The average molecular weight is 515 g/mol. The molecular weight excluding hydrogens is 468 g/mol. The number of rotatable bonds is 18. The van der Waals surface area contributed by atoms with E-state index in [0.29, 0.717) is 12.2 Å². The third kappa shape index (κ3) is 9.11. The molecule has 0 aromatic heterocycles. The molecule has 5 nitrogen and oxygen atoms in total. The Balaban J connectivity index is 1.40. The summed E-state index contributed by atoms with van der Waals surface area (Å²) < 4.78 is 33.7. The van der Waals surface area contributed by atoms with E-state index in [1.165, 1.54) is 95.1 Å². The monoisotopic (exact) mass is 514 g/mol. The third-order valence-electron chi connectivity index (χ3n) is 7.31. The van der Waals surface area contributed by atoms with Crippen LogP contribution in [0.25, 0.3) is 0 Å². The Bertz CT molecular complexity index is 995. The van der Waals surface area contributed by atoms with Gasteiger partial charge < -0.3 is 10.2 Å². The first kappa shape index (κ1) is 28.5. The van der Waals surface area contributed by atoms with Crippen LogP contribution < -0.4 is 10.2 Å². The predicted molar refractivity (Wildman–Crippen MR) is 151 cm³/mol. The zero-order valence-corrected chi connectivity index (χ0v) is 22.9. The van der Waals surface area contributed by atoms with Crippen LogP contribution in [0.3, 0.4) is 0 Å². The van der Waals surface area contributed by atoms with Crippen LogP contribution in [-0.4, -0.2) is 19.1 Å². The number of nitrogens with zero attached hydrogens (tertiary/aromatic N) is 1. The standard InChI is InChI=1S/C30H46N2O3S/c1-2-3-4-5-6-7-8-9-10-11-12-13-14-18-24-29-31-30-27(22-19-23-28(30)36(33,34)35)32(29)25-26-20-16-15-17-21-26/h15-17,19-23,29,31H,2-14,18,24-25H2,1H3,(H,33,34,35). The van der Waals surface area contributed by atoms with Crippen LogP contribution in [0.4, 0.5) is 11.4 Å². The molecule has 0 bridgehead atoms. The van der Waals surface area contributed by atoms with Crippen molar-refractivity contribution in [1.82, 2.24) is 0 Å². The number of para-hydroxylation sites is 1. The first-order chi connectivity index (χ1) is 17.5. The minimum Gasteiger partial charge on any atom is -0.362 e. The van der Waals surface area contributed by atoms with Gasteiger partial charge in [0.25, 0.3) is 10.1 Å². The molecule has 0 spiro atoms. The van der Waals surface area contributed by atoms with Gasteiger partial charge in [0.05, 0.1) is 17.5 Å². The van der Waals surface area contributed by atoms with E-state index < -0.39 is 10.1 Å². The van der Waals surface area contributed by atoms with Gasteiger partial charge in [0.1, 0.15) is 4.90 Å². The van der Waals surface area contributed by atoms with Crippen molar-refractivity contribution in [1.29, 1.82) is 0 Å². The number of fused-ring (bicyclic) bond motifs is 1. The fourth-order valence-corrected chi connectivity index (χ4v) is 5.94. The van der Waals surface area contributed by atoms with E-state index in [0.717, 1.165) is 18.5 Å². The summed E-state index contributed by atoms with van der Waals surface area (Å²) in [5.74, 6) is 0. The van der Waals surface area contributed by atoms with Gasteiger partial charge >= 0.3 is 0 Å². The molecule has 200 valence electrons. The maximum Gasteiger partial charge on any atom is 0.296 e. The molecule has 0 fully saturated rings. The Morgan fingerprint density at radius 2 is 1.31 bits per heavy atom. The molecule has 6 heteroatoms. The first-order valence-corrected chi connectivity index (χ1v) is 15.6. The van der Waals surface area contributed by atoms with Crippen molar-refractivity contribution in [2.24, 2.45) is 0 Å². The van der Waals surface area contributed by atoms with Crippen molar-refractivity contribution < 1.29 is 13.0 Å². The van der Waals surface area contributed by atoms with Gasteiger partial charge in [-0.25, -0.2) is 0 Å². The number of nitrogens with one attached hydrogen (secondary N) is 1. The lowest BCUT2D eigenvalue weighted by atomic mass is 10.0. The van der Waals surface area contributed by atoms with Gasteiger partial charge in [0.15, 0.2) is 0 Å². The molecule has 36 heavy (non-hydrogen) atoms. The molecule has 0 amide bonds. The molecule has 0 radical (unpaired) electrons. The highest BCUT2D eigenvalue weighted by molar-refractivity contribution is 7.86. The van der Waals surface area contributed by atoms with E-state index in [9.17, 15) is 13.0 Å². The van der Waals surface area contributed by atoms with Gasteiger partial charge in [-0.3, -0.25) is 4.55 Å². The van der Waals surface area contributed by atoms with Crippen molar-refractivity contribution in [3.63, 3.8) is 0 Å². The zero-order chi connectivity index (χ0) is 25.6. The molecule has 2 N–H and O–H groups in total. The molecule has 2 aromatic carbocycles. The molecular formula is C30H46N2O3S. The van der Waals surface area contributed by atoms with Crippen LogP contribution in [0.15, 0.2) is 53.4 Å². The number of hydrogen-bond donors (Lipinski definition) is 2. The van der Waals surface area contributed by atoms with Gasteiger partial charge in [-0.15, -0.1) is 0 Å². The fourth-order valence-electron chi connectivity index (χ4n) is 5.27. The molecule has 1 atom stereocenters. The summed E-state index contributed by atoms with van der Waals surface area (Å²) in [7, 11) is -4.29. The third-order valence-corrected chi connectivity index (χ3v) is 8.20. The molecule has 2 aromatic rings. The Hall–Kier alpha value is -2.05. The lowest BCUT2D eigenvalue weighted by Crippen LogP contribution is -2.35. The minimum atomic E-state index is -4.29. The molecule has 1 heterocycles. The Morgan fingerprint density at radius 1 is 0.750 bits per heavy atom. The van der Waals surface area contributed by atoms with Gasteiger partial charge in [0.2, 0.25) is 0 Å². The highest BCUT2D eigenvalue weighted by Crippen LogP contribution is 2.41. The van der Waals surface area contributed by atoms with E-state index in [1.807, 2.05) is 24.3 Å². The van der Waals surface area contributed by atoms with Crippen molar-refractivity contribution in [3.05, 3.63) is 54.1 Å². The minimum absolute atomic E-state index is 0.0143. The molecule has 0 aliphatic carbocycles. The average Bonchev–Trinajstić information content (AvgIpc) is 3.21. The molecule has 1 aliphatic rings. The van der Waals surface area contributed by atoms with E-state index in [1.54, 1.807) is 6.07 Å². The second-order valence-electron chi connectivity index (χ2n) is 10.3. The Labute approximate surface area is 219 Å². The quantitative estimate of drug-likeness (QED) is 0.154. The van der Waals surface area contributed by atoms with Gasteiger partial charge in [-0.2, -0.15) is 8.42 Å². The first-order valence-electron chi connectivity index (χ1n) is 14.2. The second kappa shape index (κ2) is 15.3. The number of hydrogen-bond acceptors (Lipinski definition) is 4. The van der Waals surface area contributed by atoms with Gasteiger partial charge in [0, 0.05) is 6.54 Å². The summed E-state index contributed by atoms with van der Waals surface area (Å²) in [6.07, 6.45) is 19.6. The Morgan fingerprint density at radius 3 is 1.86 bits per heavy atom. The van der Waals surface area contributed by atoms with Crippen LogP contribution in [0, 0.1) is 0 Å².